The molecule has 0 N–H and O–H groups in total. The number of hydrogen-bond donors (Lipinski definition) is 0. The van der Waals surface area contributed by atoms with Crippen molar-refractivity contribution in [3.05, 3.63) is 10.6 Å². The molecule has 104 valence electrons. The molecule has 0 aromatic rings. The Labute approximate surface area is 117 Å². The number of ether oxygens (including phenoxy) is 2. The van der Waals surface area contributed by atoms with Gasteiger partial charge in [-0.05, 0) is 52.1 Å². The normalized spacial score (nSPS) is 24.3. The van der Waals surface area contributed by atoms with Crippen LogP contribution < -0.4 is 0 Å². The predicted octanol–water partition coefficient (Wildman–Crippen LogP) is 3.66. The van der Waals surface area contributed by atoms with Crippen molar-refractivity contribution in [2.75, 3.05) is 6.61 Å². The Kier molecular flexibility index (Phi) is 4.49. The van der Waals surface area contributed by atoms with Crippen LogP contribution in [-0.4, -0.2) is 35.0 Å². The zero-order chi connectivity index (χ0) is 14.1. The van der Waals surface area contributed by atoms with Gasteiger partial charge in [-0.3, -0.25) is 4.90 Å². The molecule has 1 rings (SSSR count). The Morgan fingerprint density at radius 1 is 1.50 bits per heavy atom. The van der Waals surface area contributed by atoms with E-state index < -0.39 is 11.3 Å². The van der Waals surface area contributed by atoms with E-state index in [-0.39, 0.29) is 12.1 Å². The molecule has 0 spiro atoms. The lowest BCUT2D eigenvalue weighted by Crippen LogP contribution is -2.49. The first-order valence-electron chi connectivity index (χ1n) is 6.03. The van der Waals surface area contributed by atoms with Crippen LogP contribution in [-0.2, 0) is 9.47 Å². The topological polar surface area (TPSA) is 38.8 Å². The maximum Gasteiger partial charge on any atom is 0.413 e. The Balaban J connectivity index is 2.92. The average molecular weight is 320 g/mol. The summed E-state index contributed by atoms with van der Waals surface area (Å²) in [6.45, 7) is 11.7. The van der Waals surface area contributed by atoms with Gasteiger partial charge in [0.25, 0.3) is 0 Å². The number of nitrogens with zero attached hydrogens (tertiary/aromatic N) is 1. The summed E-state index contributed by atoms with van der Waals surface area (Å²) in [5.74, 6) is 0. The summed E-state index contributed by atoms with van der Waals surface area (Å²) >= 11 is 3.39. The molecule has 0 saturated carbocycles. The second-order valence-electron chi connectivity index (χ2n) is 5.93. The van der Waals surface area contributed by atoms with Gasteiger partial charge in [0.05, 0.1) is 12.6 Å². The Bertz CT molecular complexity index is 354. The highest BCUT2D eigenvalue weighted by atomic mass is 79.9. The molecule has 1 amide bonds. The Morgan fingerprint density at radius 2 is 2.06 bits per heavy atom. The number of carbonyl (C=O) groups is 1. The van der Waals surface area contributed by atoms with Crippen molar-refractivity contribution in [2.24, 2.45) is 0 Å². The number of halogens is 1. The third kappa shape index (κ3) is 3.99. The molecule has 4 nitrogen and oxygen atoms in total. The summed E-state index contributed by atoms with van der Waals surface area (Å²) in [6, 6.07) is -0.103. The van der Waals surface area contributed by atoms with Crippen molar-refractivity contribution in [1.82, 2.24) is 4.90 Å². The summed E-state index contributed by atoms with van der Waals surface area (Å²) in [4.78, 5) is 13.9. The zero-order valence-electron chi connectivity index (χ0n) is 11.9. The first kappa shape index (κ1) is 15.5. The molecule has 0 radical (unpaired) electrons. The quantitative estimate of drug-likeness (QED) is 0.740. The maximum atomic E-state index is 12.2. The van der Waals surface area contributed by atoms with Gasteiger partial charge in [-0.25, -0.2) is 4.79 Å². The molecule has 0 aromatic heterocycles. The molecule has 1 heterocycles. The minimum absolute atomic E-state index is 0.103. The van der Waals surface area contributed by atoms with Crippen LogP contribution in [0.4, 0.5) is 4.79 Å². The molecule has 18 heavy (non-hydrogen) atoms. The average Bonchev–Trinajstić information content (AvgIpc) is 2.36. The molecule has 1 aliphatic rings. The summed E-state index contributed by atoms with van der Waals surface area (Å²) in [6.07, 6.45) is 1.61. The Hall–Kier alpha value is -0.550. The van der Waals surface area contributed by atoms with E-state index in [1.165, 1.54) is 0 Å². The molecule has 0 bridgehead atoms. The van der Waals surface area contributed by atoms with Gasteiger partial charge in [-0.2, -0.15) is 0 Å². The van der Waals surface area contributed by atoms with Gasteiger partial charge in [0, 0.05) is 0 Å². The molecule has 0 aliphatic carbocycles. The SMILES string of the molecule is C/C(Br)=C/C1COC(C)(C)N1C(=O)OC(C)(C)C. The van der Waals surface area contributed by atoms with Crippen LogP contribution in [0, 0.1) is 0 Å². The van der Waals surface area contributed by atoms with Gasteiger partial charge < -0.3 is 9.47 Å². The lowest BCUT2D eigenvalue weighted by molar-refractivity contribution is -0.0610. The van der Waals surface area contributed by atoms with Crippen LogP contribution >= 0.6 is 15.9 Å². The largest absolute Gasteiger partial charge is 0.444 e. The van der Waals surface area contributed by atoms with Crippen LogP contribution in [0.2, 0.25) is 0 Å². The van der Waals surface area contributed by atoms with E-state index in [0.717, 1.165) is 4.48 Å². The highest BCUT2D eigenvalue weighted by molar-refractivity contribution is 9.11. The third-order valence-electron chi connectivity index (χ3n) is 2.53. The van der Waals surface area contributed by atoms with Crippen LogP contribution in [0.1, 0.15) is 41.5 Å². The van der Waals surface area contributed by atoms with E-state index in [9.17, 15) is 4.79 Å². The van der Waals surface area contributed by atoms with E-state index in [1.54, 1.807) is 4.90 Å². The lowest BCUT2D eigenvalue weighted by Gasteiger charge is -2.34. The number of carbonyl (C=O) groups excluding carboxylic acids is 1. The second kappa shape index (κ2) is 5.21. The first-order chi connectivity index (χ1) is 8.03. The fourth-order valence-electron chi connectivity index (χ4n) is 1.89. The molecular weight excluding hydrogens is 298 g/mol. The summed E-state index contributed by atoms with van der Waals surface area (Å²) in [5.41, 5.74) is -1.15. The summed E-state index contributed by atoms with van der Waals surface area (Å²) in [5, 5.41) is 0. The van der Waals surface area contributed by atoms with Crippen LogP contribution in [0.25, 0.3) is 0 Å². The van der Waals surface area contributed by atoms with Gasteiger partial charge in [0.15, 0.2) is 0 Å². The predicted molar refractivity (Wildman–Crippen MR) is 74.6 cm³/mol. The van der Waals surface area contributed by atoms with E-state index in [1.807, 2.05) is 47.6 Å². The summed E-state index contributed by atoms with van der Waals surface area (Å²) in [7, 11) is 0. The minimum atomic E-state index is -0.647. The zero-order valence-corrected chi connectivity index (χ0v) is 13.5. The number of rotatable bonds is 1. The molecule has 1 unspecified atom stereocenters. The van der Waals surface area contributed by atoms with Gasteiger partial charge in [0.1, 0.15) is 11.3 Å². The molecule has 0 aromatic carbocycles. The van der Waals surface area contributed by atoms with Crippen molar-refractivity contribution < 1.29 is 14.3 Å². The fourth-order valence-corrected chi connectivity index (χ4v) is 2.19. The van der Waals surface area contributed by atoms with Gasteiger partial charge in [-0.1, -0.05) is 15.9 Å². The standard InChI is InChI=1S/C13H22BrNO3/c1-9(14)7-10-8-17-13(5,6)15(10)11(16)18-12(2,3)4/h7,10H,8H2,1-6H3/b9-7-. The van der Waals surface area contributed by atoms with Gasteiger partial charge >= 0.3 is 6.09 Å². The van der Waals surface area contributed by atoms with Gasteiger partial charge in [0.2, 0.25) is 0 Å². The van der Waals surface area contributed by atoms with Crippen LogP contribution in [0.5, 0.6) is 0 Å². The van der Waals surface area contributed by atoms with Crippen LogP contribution in [0.15, 0.2) is 10.6 Å². The number of hydrogen-bond acceptors (Lipinski definition) is 3. The van der Waals surface area contributed by atoms with Crippen molar-refractivity contribution >= 4 is 22.0 Å². The molecular formula is C13H22BrNO3. The smallest absolute Gasteiger partial charge is 0.413 e. The van der Waals surface area contributed by atoms with Crippen molar-refractivity contribution in [3.63, 3.8) is 0 Å². The van der Waals surface area contributed by atoms with Crippen molar-refractivity contribution in [1.29, 1.82) is 0 Å². The van der Waals surface area contributed by atoms with Crippen molar-refractivity contribution in [3.8, 4) is 0 Å². The maximum absolute atomic E-state index is 12.2. The molecule has 5 heteroatoms. The molecule has 1 fully saturated rings. The molecule has 1 saturated heterocycles. The molecule has 1 atom stereocenters. The molecule has 1 aliphatic heterocycles. The number of amides is 1. The monoisotopic (exact) mass is 319 g/mol. The van der Waals surface area contributed by atoms with Crippen LogP contribution in [0.3, 0.4) is 0 Å². The third-order valence-corrected chi connectivity index (χ3v) is 2.80. The van der Waals surface area contributed by atoms with Gasteiger partial charge in [-0.15, -0.1) is 0 Å². The lowest BCUT2D eigenvalue weighted by atomic mass is 10.2. The fraction of sp³-hybridized carbons (Fsp3) is 0.769. The summed E-state index contributed by atoms with van der Waals surface area (Å²) < 4.78 is 12.1. The van der Waals surface area contributed by atoms with E-state index in [4.69, 9.17) is 9.47 Å². The van der Waals surface area contributed by atoms with E-state index in [0.29, 0.717) is 6.61 Å². The number of allylic oxidation sites excluding steroid dienone is 1. The Morgan fingerprint density at radius 3 is 2.50 bits per heavy atom. The first-order valence-corrected chi connectivity index (χ1v) is 6.82. The van der Waals surface area contributed by atoms with E-state index in [2.05, 4.69) is 15.9 Å². The minimum Gasteiger partial charge on any atom is -0.444 e. The highest BCUT2D eigenvalue weighted by Gasteiger charge is 2.44. The highest BCUT2D eigenvalue weighted by Crippen LogP contribution is 2.30. The van der Waals surface area contributed by atoms with E-state index >= 15 is 0 Å². The second-order valence-corrected chi connectivity index (χ2v) is 7.18. The van der Waals surface area contributed by atoms with Crippen molar-refractivity contribution in [2.45, 2.75) is 58.9 Å².